The number of rotatable bonds is 6. The fourth-order valence-corrected chi connectivity index (χ4v) is 3.11. The maximum atomic E-state index is 5.96. The topological polar surface area (TPSA) is 52.5 Å². The van der Waals surface area contributed by atoms with Crippen LogP contribution in [0.25, 0.3) is 4.96 Å². The Morgan fingerprint density at radius 3 is 2.76 bits per heavy atom. The number of ether oxygens (including phenoxy) is 1. The van der Waals surface area contributed by atoms with Crippen molar-refractivity contribution < 1.29 is 4.74 Å². The normalized spacial score (nSPS) is 11.1. The Bertz CT molecular complexity index is 715. The molecule has 0 bridgehead atoms. The summed E-state index contributed by atoms with van der Waals surface area (Å²) >= 11 is 1.60. The number of nitrogens with zero attached hydrogens (tertiary/aromatic N) is 2. The molecule has 0 fully saturated rings. The van der Waals surface area contributed by atoms with E-state index >= 15 is 0 Å². The third kappa shape index (κ3) is 2.94. The van der Waals surface area contributed by atoms with Crippen LogP contribution >= 0.6 is 11.3 Å². The van der Waals surface area contributed by atoms with E-state index in [9.17, 15) is 0 Å². The van der Waals surface area contributed by atoms with Gasteiger partial charge in [0.25, 0.3) is 0 Å². The summed E-state index contributed by atoms with van der Waals surface area (Å²) in [6, 6.07) is 8.23. The number of fused-ring (bicyclic) bond motifs is 1. The van der Waals surface area contributed by atoms with Crippen LogP contribution in [-0.2, 0) is 12.8 Å². The van der Waals surface area contributed by atoms with E-state index in [4.69, 9.17) is 10.5 Å². The zero-order chi connectivity index (χ0) is 14.7. The zero-order valence-electron chi connectivity index (χ0n) is 12.1. The first-order valence-corrected chi connectivity index (χ1v) is 8.11. The van der Waals surface area contributed by atoms with Gasteiger partial charge in [0.15, 0.2) is 4.96 Å². The lowest BCUT2D eigenvalue weighted by Crippen LogP contribution is -2.05. The minimum absolute atomic E-state index is 0.579. The molecule has 0 aliphatic carbocycles. The molecule has 2 aromatic heterocycles. The molecule has 21 heavy (non-hydrogen) atoms. The zero-order valence-corrected chi connectivity index (χ0v) is 12.9. The molecule has 0 saturated carbocycles. The van der Waals surface area contributed by atoms with Crippen molar-refractivity contribution in [2.45, 2.75) is 26.2 Å². The van der Waals surface area contributed by atoms with E-state index in [-0.39, 0.29) is 0 Å². The number of hydrogen-bond donors (Lipinski definition) is 1. The SMILES string of the molecule is CCCc1ccc(Oc2nc3sccn3c2CCN)cc1. The van der Waals surface area contributed by atoms with E-state index in [1.165, 1.54) is 5.56 Å². The highest BCUT2D eigenvalue weighted by Gasteiger charge is 2.14. The van der Waals surface area contributed by atoms with Crippen LogP contribution in [0.15, 0.2) is 35.8 Å². The van der Waals surface area contributed by atoms with Crippen molar-refractivity contribution >= 4 is 16.3 Å². The molecule has 2 heterocycles. The molecule has 0 aliphatic rings. The van der Waals surface area contributed by atoms with Gasteiger partial charge in [-0.2, -0.15) is 4.98 Å². The molecule has 1 aromatic carbocycles. The lowest BCUT2D eigenvalue weighted by Gasteiger charge is -2.06. The smallest absolute Gasteiger partial charge is 0.242 e. The Morgan fingerprint density at radius 1 is 1.24 bits per heavy atom. The fraction of sp³-hybridized carbons (Fsp3) is 0.312. The third-order valence-corrected chi connectivity index (χ3v) is 4.14. The summed E-state index contributed by atoms with van der Waals surface area (Å²) in [5, 5.41) is 2.02. The second-order valence-corrected chi connectivity index (χ2v) is 5.83. The molecule has 0 spiro atoms. The number of aryl methyl sites for hydroxylation is 1. The molecule has 0 aliphatic heterocycles. The lowest BCUT2D eigenvalue weighted by atomic mass is 10.1. The van der Waals surface area contributed by atoms with E-state index in [1.54, 1.807) is 11.3 Å². The molecule has 0 saturated heterocycles. The number of benzene rings is 1. The van der Waals surface area contributed by atoms with Crippen molar-refractivity contribution in [1.82, 2.24) is 9.38 Å². The van der Waals surface area contributed by atoms with Crippen molar-refractivity contribution in [2.75, 3.05) is 6.54 Å². The van der Waals surface area contributed by atoms with Crippen LogP contribution in [0.4, 0.5) is 0 Å². The number of aromatic nitrogens is 2. The number of hydrogen-bond acceptors (Lipinski definition) is 4. The van der Waals surface area contributed by atoms with Crippen LogP contribution in [0.1, 0.15) is 24.6 Å². The second-order valence-electron chi connectivity index (χ2n) is 4.95. The van der Waals surface area contributed by atoms with Crippen LogP contribution in [0.3, 0.4) is 0 Å². The van der Waals surface area contributed by atoms with Gasteiger partial charge in [-0.3, -0.25) is 4.40 Å². The van der Waals surface area contributed by atoms with Crippen molar-refractivity contribution in [3.05, 3.63) is 47.1 Å². The second kappa shape index (κ2) is 6.28. The van der Waals surface area contributed by atoms with Gasteiger partial charge in [-0.1, -0.05) is 25.5 Å². The Hall–Kier alpha value is -1.85. The van der Waals surface area contributed by atoms with Crippen molar-refractivity contribution in [2.24, 2.45) is 5.73 Å². The van der Waals surface area contributed by atoms with Crippen LogP contribution in [0.2, 0.25) is 0 Å². The minimum Gasteiger partial charge on any atom is -0.437 e. The van der Waals surface area contributed by atoms with Crippen molar-refractivity contribution in [1.29, 1.82) is 0 Å². The minimum atomic E-state index is 0.579. The standard InChI is InChI=1S/C16H19N3OS/c1-2-3-12-4-6-13(7-5-12)20-15-14(8-9-17)19-10-11-21-16(19)18-15/h4-7,10-11H,2-3,8-9,17H2,1H3. The maximum Gasteiger partial charge on any atom is 0.242 e. The molecule has 110 valence electrons. The van der Waals surface area contributed by atoms with Gasteiger partial charge < -0.3 is 10.5 Å². The Labute approximate surface area is 128 Å². The van der Waals surface area contributed by atoms with Crippen molar-refractivity contribution in [3.63, 3.8) is 0 Å². The van der Waals surface area contributed by atoms with E-state index in [1.807, 2.05) is 23.7 Å². The average molecular weight is 301 g/mol. The molecule has 0 unspecified atom stereocenters. The van der Waals surface area contributed by atoms with Gasteiger partial charge in [0.05, 0.1) is 5.69 Å². The third-order valence-electron chi connectivity index (χ3n) is 3.38. The first-order chi connectivity index (χ1) is 10.3. The quantitative estimate of drug-likeness (QED) is 0.756. The van der Waals surface area contributed by atoms with Gasteiger partial charge in [0.2, 0.25) is 5.88 Å². The van der Waals surface area contributed by atoms with E-state index in [2.05, 4.69) is 28.4 Å². The van der Waals surface area contributed by atoms with Gasteiger partial charge in [-0.15, -0.1) is 11.3 Å². The predicted octanol–water partition coefficient (Wildman–Crippen LogP) is 3.64. The van der Waals surface area contributed by atoms with Crippen LogP contribution in [0.5, 0.6) is 11.6 Å². The monoisotopic (exact) mass is 301 g/mol. The van der Waals surface area contributed by atoms with Crippen LogP contribution < -0.4 is 10.5 Å². The number of thiazole rings is 1. The summed E-state index contributed by atoms with van der Waals surface area (Å²) in [7, 11) is 0. The molecule has 4 nitrogen and oxygen atoms in total. The Morgan fingerprint density at radius 2 is 2.05 bits per heavy atom. The van der Waals surface area contributed by atoms with Gasteiger partial charge in [-0.25, -0.2) is 0 Å². The Balaban J connectivity index is 1.86. The van der Waals surface area contributed by atoms with Gasteiger partial charge in [-0.05, 0) is 30.7 Å². The predicted molar refractivity (Wildman–Crippen MR) is 86.3 cm³/mol. The lowest BCUT2D eigenvalue weighted by molar-refractivity contribution is 0.459. The summed E-state index contributed by atoms with van der Waals surface area (Å²) in [5.41, 5.74) is 8.07. The molecular formula is C16H19N3OS. The van der Waals surface area contributed by atoms with Gasteiger partial charge in [0.1, 0.15) is 5.75 Å². The molecule has 5 heteroatoms. The summed E-state index contributed by atoms with van der Waals surface area (Å²) in [6.45, 7) is 2.76. The molecule has 0 radical (unpaired) electrons. The first-order valence-electron chi connectivity index (χ1n) is 7.23. The molecule has 3 aromatic rings. The highest BCUT2D eigenvalue weighted by Crippen LogP contribution is 2.28. The van der Waals surface area contributed by atoms with E-state index in [0.717, 1.165) is 35.7 Å². The number of imidazole rings is 1. The Kier molecular flexibility index (Phi) is 4.22. The summed E-state index contributed by atoms with van der Waals surface area (Å²) in [4.78, 5) is 5.49. The highest BCUT2D eigenvalue weighted by atomic mass is 32.1. The molecule has 2 N–H and O–H groups in total. The molecule has 3 rings (SSSR count). The maximum absolute atomic E-state index is 5.96. The van der Waals surface area contributed by atoms with E-state index in [0.29, 0.717) is 12.4 Å². The van der Waals surface area contributed by atoms with Gasteiger partial charge in [0, 0.05) is 18.0 Å². The molecule has 0 atom stereocenters. The summed E-state index contributed by atoms with van der Waals surface area (Å²) in [6.07, 6.45) is 5.01. The van der Waals surface area contributed by atoms with Crippen molar-refractivity contribution in [3.8, 4) is 11.6 Å². The molecule has 0 amide bonds. The summed E-state index contributed by atoms with van der Waals surface area (Å²) < 4.78 is 8.01. The van der Waals surface area contributed by atoms with Gasteiger partial charge >= 0.3 is 0 Å². The van der Waals surface area contributed by atoms with E-state index < -0.39 is 0 Å². The largest absolute Gasteiger partial charge is 0.437 e. The first kappa shape index (κ1) is 14.1. The van der Waals surface area contributed by atoms with Crippen LogP contribution in [0, 0.1) is 0 Å². The van der Waals surface area contributed by atoms with Crippen LogP contribution in [-0.4, -0.2) is 15.9 Å². The number of nitrogens with two attached hydrogens (primary N) is 1. The molecular weight excluding hydrogens is 282 g/mol. The fourth-order valence-electron chi connectivity index (χ4n) is 2.38. The average Bonchev–Trinajstić information content (AvgIpc) is 3.05. The highest BCUT2D eigenvalue weighted by molar-refractivity contribution is 7.15. The summed E-state index contributed by atoms with van der Waals surface area (Å²) in [5.74, 6) is 1.48.